The zero-order valence-corrected chi connectivity index (χ0v) is 20.5. The summed E-state index contributed by atoms with van der Waals surface area (Å²) >= 11 is 0. The molecule has 0 saturated carbocycles. The normalized spacial score (nSPS) is 13.5. The molecule has 4 aromatic rings. The molecule has 0 unspecified atom stereocenters. The van der Waals surface area contributed by atoms with E-state index in [4.69, 9.17) is 0 Å². The van der Waals surface area contributed by atoms with Gasteiger partial charge in [0.15, 0.2) is 11.6 Å². The topological polar surface area (TPSA) is 66.4 Å². The highest BCUT2D eigenvalue weighted by molar-refractivity contribution is 6.15. The molecule has 1 aromatic heterocycles. The van der Waals surface area contributed by atoms with Crippen molar-refractivity contribution in [1.82, 2.24) is 15.1 Å². The van der Waals surface area contributed by atoms with Gasteiger partial charge in [-0.2, -0.15) is 0 Å². The van der Waals surface area contributed by atoms with Crippen LogP contribution in [0, 0.1) is 13.8 Å². The zero-order valence-electron chi connectivity index (χ0n) is 20.5. The number of aromatic nitrogens is 2. The van der Waals surface area contributed by atoms with Crippen LogP contribution in [-0.2, 0) is 0 Å². The predicted molar refractivity (Wildman–Crippen MR) is 141 cm³/mol. The van der Waals surface area contributed by atoms with E-state index in [1.165, 1.54) is 5.56 Å². The van der Waals surface area contributed by atoms with E-state index in [0.717, 1.165) is 22.6 Å². The molecule has 0 atom stereocenters. The van der Waals surface area contributed by atoms with Crippen molar-refractivity contribution in [3.8, 4) is 11.3 Å². The van der Waals surface area contributed by atoms with Gasteiger partial charge in [-0.1, -0.05) is 77.9 Å². The molecule has 0 N–H and O–H groups in total. The van der Waals surface area contributed by atoms with E-state index >= 15 is 0 Å². The minimum Gasteiger partial charge on any atom is -0.352 e. The van der Waals surface area contributed by atoms with Crippen LogP contribution in [0.15, 0.2) is 84.9 Å². The summed E-state index contributed by atoms with van der Waals surface area (Å²) in [6.07, 6.45) is 0. The minimum atomic E-state index is -0.137. The van der Waals surface area contributed by atoms with Crippen molar-refractivity contribution in [2.24, 2.45) is 0 Å². The van der Waals surface area contributed by atoms with Gasteiger partial charge in [0.25, 0.3) is 5.91 Å². The summed E-state index contributed by atoms with van der Waals surface area (Å²) in [5, 5.41) is 8.85. The standard InChI is InChI=1S/C30H28N4O2/c1-21-7-11-23(12-8-21)27-15-16-28(32-31-27)33-17-19-34(20-18-33)30(36)26-6-4-3-5-25(26)29(35)24-13-9-22(2)10-14-24/h3-16H,17-20H2,1-2H3. The first-order valence-corrected chi connectivity index (χ1v) is 12.1. The quantitative estimate of drug-likeness (QED) is 0.381. The molecule has 2 heterocycles. The number of aryl methyl sites for hydroxylation is 2. The van der Waals surface area contributed by atoms with Crippen LogP contribution in [0.2, 0.25) is 0 Å². The van der Waals surface area contributed by atoms with Crippen LogP contribution in [0.3, 0.4) is 0 Å². The van der Waals surface area contributed by atoms with Crippen LogP contribution >= 0.6 is 0 Å². The van der Waals surface area contributed by atoms with E-state index in [-0.39, 0.29) is 11.7 Å². The van der Waals surface area contributed by atoms with Crippen LogP contribution in [0.25, 0.3) is 11.3 Å². The first-order valence-electron chi connectivity index (χ1n) is 12.1. The van der Waals surface area contributed by atoms with Crippen LogP contribution in [0.5, 0.6) is 0 Å². The molecule has 6 heteroatoms. The number of ketones is 1. The third-order valence-electron chi connectivity index (χ3n) is 6.60. The molecule has 180 valence electrons. The summed E-state index contributed by atoms with van der Waals surface area (Å²) in [4.78, 5) is 30.5. The number of piperazine rings is 1. The number of carbonyl (C=O) groups excluding carboxylic acids is 2. The van der Waals surface area contributed by atoms with Crippen molar-refractivity contribution < 1.29 is 9.59 Å². The number of hydrogen-bond acceptors (Lipinski definition) is 5. The molecule has 3 aromatic carbocycles. The first-order chi connectivity index (χ1) is 17.5. The maximum atomic E-state index is 13.4. The smallest absolute Gasteiger partial charge is 0.254 e. The molecule has 0 radical (unpaired) electrons. The molecule has 0 spiro atoms. The maximum absolute atomic E-state index is 13.4. The Balaban J connectivity index is 1.26. The Morgan fingerprint density at radius 2 is 1.28 bits per heavy atom. The summed E-state index contributed by atoms with van der Waals surface area (Å²) in [5.41, 5.74) is 5.63. The highest BCUT2D eigenvalue weighted by Gasteiger charge is 2.26. The Morgan fingerprint density at radius 3 is 1.89 bits per heavy atom. The SMILES string of the molecule is Cc1ccc(C(=O)c2ccccc2C(=O)N2CCN(c3ccc(-c4ccc(C)cc4)nn3)CC2)cc1. The Bertz CT molecular complexity index is 1370. The molecule has 6 nitrogen and oxygen atoms in total. The summed E-state index contributed by atoms with van der Waals surface area (Å²) in [6, 6.07) is 26.7. The number of hydrogen-bond donors (Lipinski definition) is 0. The molecule has 1 saturated heterocycles. The van der Waals surface area contributed by atoms with Crippen LogP contribution in [-0.4, -0.2) is 53.0 Å². The van der Waals surface area contributed by atoms with Gasteiger partial charge >= 0.3 is 0 Å². The fraction of sp³-hybridized carbons (Fsp3) is 0.200. The second-order valence-electron chi connectivity index (χ2n) is 9.16. The van der Waals surface area contributed by atoms with E-state index < -0.39 is 0 Å². The molecular formula is C30H28N4O2. The van der Waals surface area contributed by atoms with Crippen molar-refractivity contribution >= 4 is 17.5 Å². The lowest BCUT2D eigenvalue weighted by atomic mass is 9.97. The molecule has 0 bridgehead atoms. The summed E-state index contributed by atoms with van der Waals surface area (Å²) in [6.45, 7) is 6.44. The molecule has 5 rings (SSSR count). The van der Waals surface area contributed by atoms with E-state index in [9.17, 15) is 9.59 Å². The van der Waals surface area contributed by atoms with Gasteiger partial charge in [0.1, 0.15) is 0 Å². The zero-order chi connectivity index (χ0) is 25.1. The largest absolute Gasteiger partial charge is 0.352 e. The van der Waals surface area contributed by atoms with E-state index in [2.05, 4.69) is 34.2 Å². The van der Waals surface area contributed by atoms with Gasteiger partial charge in [-0.05, 0) is 32.0 Å². The maximum Gasteiger partial charge on any atom is 0.254 e. The molecular weight excluding hydrogens is 448 g/mol. The van der Waals surface area contributed by atoms with Crippen LogP contribution in [0.4, 0.5) is 5.82 Å². The van der Waals surface area contributed by atoms with Crippen molar-refractivity contribution in [2.45, 2.75) is 13.8 Å². The molecule has 36 heavy (non-hydrogen) atoms. The molecule has 1 aliphatic rings. The predicted octanol–water partition coefficient (Wildman–Crippen LogP) is 4.95. The number of rotatable bonds is 5. The fourth-order valence-corrected chi connectivity index (χ4v) is 4.41. The molecule has 0 aliphatic carbocycles. The van der Waals surface area contributed by atoms with Gasteiger partial charge in [-0.15, -0.1) is 10.2 Å². The monoisotopic (exact) mass is 476 g/mol. The van der Waals surface area contributed by atoms with Crippen LogP contribution in [0.1, 0.15) is 37.4 Å². The average Bonchev–Trinajstić information content (AvgIpc) is 2.93. The molecule has 1 aliphatic heterocycles. The number of anilines is 1. The Labute approximate surface area is 211 Å². The summed E-state index contributed by atoms with van der Waals surface area (Å²) in [7, 11) is 0. The van der Waals surface area contributed by atoms with Crippen LogP contribution < -0.4 is 4.90 Å². The average molecular weight is 477 g/mol. The Kier molecular flexibility index (Phi) is 6.58. The second-order valence-corrected chi connectivity index (χ2v) is 9.16. The number of amides is 1. The number of nitrogens with zero attached hydrogens (tertiary/aromatic N) is 4. The van der Waals surface area contributed by atoms with Crippen molar-refractivity contribution in [3.05, 3.63) is 113 Å². The third kappa shape index (κ3) is 4.89. The number of benzene rings is 3. The van der Waals surface area contributed by atoms with Gasteiger partial charge < -0.3 is 9.80 Å². The summed E-state index contributed by atoms with van der Waals surface area (Å²) in [5.74, 6) is 0.543. The molecule has 1 fully saturated rings. The van der Waals surface area contributed by atoms with Gasteiger partial charge in [0.05, 0.1) is 11.3 Å². The minimum absolute atomic E-state index is 0.119. The van der Waals surface area contributed by atoms with Crippen molar-refractivity contribution in [3.63, 3.8) is 0 Å². The van der Waals surface area contributed by atoms with E-state index in [1.54, 1.807) is 24.3 Å². The fourth-order valence-electron chi connectivity index (χ4n) is 4.41. The lowest BCUT2D eigenvalue weighted by Crippen LogP contribution is -2.49. The lowest BCUT2D eigenvalue weighted by molar-refractivity contribution is 0.0742. The highest BCUT2D eigenvalue weighted by Crippen LogP contribution is 2.22. The molecule has 1 amide bonds. The summed E-state index contributed by atoms with van der Waals surface area (Å²) < 4.78 is 0. The Morgan fingerprint density at radius 1 is 0.667 bits per heavy atom. The van der Waals surface area contributed by atoms with Gasteiger partial charge in [-0.3, -0.25) is 9.59 Å². The first kappa shape index (κ1) is 23.4. The Hall–Kier alpha value is -4.32. The van der Waals surface area contributed by atoms with E-state index in [1.807, 2.05) is 60.4 Å². The van der Waals surface area contributed by atoms with E-state index in [0.29, 0.717) is 42.9 Å². The lowest BCUT2D eigenvalue weighted by Gasteiger charge is -2.35. The van der Waals surface area contributed by atoms with Crippen molar-refractivity contribution in [2.75, 3.05) is 31.1 Å². The van der Waals surface area contributed by atoms with Gasteiger partial charge in [-0.25, -0.2) is 0 Å². The highest BCUT2D eigenvalue weighted by atomic mass is 16.2. The van der Waals surface area contributed by atoms with Gasteiger partial charge in [0.2, 0.25) is 0 Å². The third-order valence-corrected chi connectivity index (χ3v) is 6.60. The second kappa shape index (κ2) is 10.1. The van der Waals surface area contributed by atoms with Gasteiger partial charge in [0, 0.05) is 42.9 Å². The van der Waals surface area contributed by atoms with Crippen molar-refractivity contribution in [1.29, 1.82) is 0 Å². The number of carbonyl (C=O) groups is 2.